The molecule has 0 amide bonds. The number of benzene rings is 4. The molecule has 0 saturated carbocycles. The van der Waals surface area contributed by atoms with Crippen molar-refractivity contribution in [3.05, 3.63) is 130 Å². The molecule has 0 heterocycles. The molecule has 0 unspecified atom stereocenters. The van der Waals surface area contributed by atoms with Gasteiger partial charge in [-0.2, -0.15) is 12.1 Å². The average molecular weight is 687 g/mol. The summed E-state index contributed by atoms with van der Waals surface area (Å²) in [4.78, 5) is 0. The molecule has 0 aliphatic carbocycles. The Morgan fingerprint density at radius 2 is 0.833 bits per heavy atom. The first-order valence-electron chi connectivity index (χ1n) is 14.1. The Labute approximate surface area is 274 Å². The summed E-state index contributed by atoms with van der Waals surface area (Å²) in [6.07, 6.45) is 0. The van der Waals surface area contributed by atoms with Gasteiger partial charge in [0.25, 0.3) is 0 Å². The van der Waals surface area contributed by atoms with Crippen molar-refractivity contribution >= 4 is 48.1 Å². The number of halogens is 2. The van der Waals surface area contributed by atoms with E-state index in [-0.39, 0.29) is 0 Å². The van der Waals surface area contributed by atoms with Crippen molar-refractivity contribution in [2.45, 2.75) is 54.6 Å². The quantitative estimate of drug-likeness (QED) is 0.126. The number of aryl methyl sites for hydroxylation is 6. The SMILES string of the molecule is C[Si]C.Cc1cc(C)cc(-c2cccc3[cH-]c(C)cc23)c1.Cc1cc(C)cc(-c2cccc3[cH-]c(C)cc23)c1.[Cl][Zr+2][Cl]. The molecule has 0 nitrogen and oxygen atoms in total. The van der Waals surface area contributed by atoms with Crippen molar-refractivity contribution < 1.29 is 20.8 Å². The molecular formula is C38H40Cl2SiZr. The van der Waals surface area contributed by atoms with Gasteiger partial charge in [0.2, 0.25) is 0 Å². The number of hydrogen-bond acceptors (Lipinski definition) is 0. The summed E-state index contributed by atoms with van der Waals surface area (Å²) in [5, 5.41) is 5.40. The van der Waals surface area contributed by atoms with Gasteiger partial charge in [0, 0.05) is 9.52 Å². The standard InChI is InChI=1S/2C18H17.C2H6Si.2ClH.Zr/c2*1-12-7-13(2)10-16(9-12)17-6-4-5-15-8-14(3)11-18(15)17;1-3-2;;;/h2*4-11H,1-3H3;1-2H3;2*1H;/q2*-1;;;;+4/p-2. The molecule has 0 aliphatic heterocycles. The van der Waals surface area contributed by atoms with Gasteiger partial charge in [-0.25, -0.2) is 0 Å². The summed E-state index contributed by atoms with van der Waals surface area (Å²) in [7, 11) is 11.0. The Balaban J connectivity index is 0.000000195. The second-order valence-electron chi connectivity index (χ2n) is 11.0. The molecule has 0 saturated heterocycles. The van der Waals surface area contributed by atoms with Crippen LogP contribution in [0.3, 0.4) is 0 Å². The van der Waals surface area contributed by atoms with E-state index in [9.17, 15) is 0 Å². The van der Waals surface area contributed by atoms with Gasteiger partial charge in [-0.3, -0.25) is 0 Å². The predicted octanol–water partition coefficient (Wildman–Crippen LogP) is 12.5. The van der Waals surface area contributed by atoms with E-state index in [0.717, 1.165) is 9.52 Å². The van der Waals surface area contributed by atoms with E-state index in [4.69, 9.17) is 17.0 Å². The zero-order chi connectivity index (χ0) is 30.8. The van der Waals surface area contributed by atoms with E-state index in [1.807, 2.05) is 0 Å². The Bertz CT molecular complexity index is 1570. The molecule has 4 heteroatoms. The predicted molar refractivity (Wildman–Crippen MR) is 188 cm³/mol. The van der Waals surface area contributed by atoms with Gasteiger partial charge in [-0.15, -0.1) is 69.1 Å². The average Bonchev–Trinajstić information content (AvgIpc) is 3.49. The topological polar surface area (TPSA) is 0 Å². The van der Waals surface area contributed by atoms with Gasteiger partial charge < -0.3 is 0 Å². The summed E-state index contributed by atoms with van der Waals surface area (Å²) in [5.41, 5.74) is 13.3. The molecule has 214 valence electrons. The van der Waals surface area contributed by atoms with Gasteiger partial charge in [0.05, 0.1) is 0 Å². The third kappa shape index (κ3) is 9.39. The van der Waals surface area contributed by atoms with Crippen LogP contribution < -0.4 is 0 Å². The van der Waals surface area contributed by atoms with Crippen molar-refractivity contribution in [3.63, 3.8) is 0 Å². The maximum absolute atomic E-state index is 4.93. The summed E-state index contributed by atoms with van der Waals surface area (Å²) in [5.74, 6) is 0. The first kappa shape index (κ1) is 34.3. The fraction of sp³-hybridized carbons (Fsp3) is 0.211. The Morgan fingerprint density at radius 1 is 0.524 bits per heavy atom. The van der Waals surface area contributed by atoms with E-state index >= 15 is 0 Å². The summed E-state index contributed by atoms with van der Waals surface area (Å²) in [6, 6.07) is 35.7. The van der Waals surface area contributed by atoms with E-state index in [1.165, 1.54) is 77.2 Å². The summed E-state index contributed by atoms with van der Waals surface area (Å²) < 4.78 is 0. The molecule has 2 radical (unpaired) electrons. The molecule has 6 aromatic rings. The first-order valence-corrected chi connectivity index (χ1v) is 22.5. The van der Waals surface area contributed by atoms with Crippen molar-refractivity contribution in [2.75, 3.05) is 0 Å². The van der Waals surface area contributed by atoms with Crippen LogP contribution in [0.2, 0.25) is 13.1 Å². The summed E-state index contributed by atoms with van der Waals surface area (Å²) in [6.45, 7) is 17.3. The third-order valence-electron chi connectivity index (χ3n) is 6.86. The van der Waals surface area contributed by atoms with E-state index < -0.39 is 20.8 Å². The fourth-order valence-corrected chi connectivity index (χ4v) is 5.53. The molecular weight excluding hydrogens is 647 g/mol. The van der Waals surface area contributed by atoms with Crippen LogP contribution in [-0.4, -0.2) is 9.52 Å². The van der Waals surface area contributed by atoms with Crippen LogP contribution in [0, 0.1) is 41.5 Å². The van der Waals surface area contributed by atoms with Gasteiger partial charge in [-0.05, 0) is 38.8 Å². The second-order valence-corrected chi connectivity index (χ2v) is 15.7. The maximum atomic E-state index is 4.93. The van der Waals surface area contributed by atoms with Crippen molar-refractivity contribution in [1.82, 2.24) is 0 Å². The molecule has 6 rings (SSSR count). The molecule has 42 heavy (non-hydrogen) atoms. The Hall–Kier alpha value is -2.22. The number of hydrogen-bond donors (Lipinski definition) is 0. The van der Waals surface area contributed by atoms with Crippen LogP contribution in [0.5, 0.6) is 0 Å². The summed E-state index contributed by atoms with van der Waals surface area (Å²) >= 11 is -0.826. The molecule has 0 aliphatic rings. The third-order valence-corrected chi connectivity index (χ3v) is 6.86. The van der Waals surface area contributed by atoms with E-state index in [0.29, 0.717) is 0 Å². The molecule has 0 aromatic heterocycles. The van der Waals surface area contributed by atoms with Crippen LogP contribution in [0.4, 0.5) is 0 Å². The van der Waals surface area contributed by atoms with Crippen molar-refractivity contribution in [1.29, 1.82) is 0 Å². The molecule has 0 N–H and O–H groups in total. The minimum absolute atomic E-state index is 0.826. The number of rotatable bonds is 2. The van der Waals surface area contributed by atoms with Crippen LogP contribution in [-0.2, 0) is 20.8 Å². The van der Waals surface area contributed by atoms with E-state index in [1.54, 1.807) is 0 Å². The van der Waals surface area contributed by atoms with Crippen LogP contribution in [0.25, 0.3) is 43.8 Å². The fourth-order valence-electron chi connectivity index (χ4n) is 5.53. The first-order chi connectivity index (χ1) is 20.1. The molecule has 0 fully saturated rings. The Kier molecular flexibility index (Phi) is 13.5. The monoisotopic (exact) mass is 684 g/mol. The van der Waals surface area contributed by atoms with Crippen LogP contribution in [0.1, 0.15) is 33.4 Å². The van der Waals surface area contributed by atoms with E-state index in [2.05, 4.69) is 152 Å². The van der Waals surface area contributed by atoms with Crippen molar-refractivity contribution in [2.24, 2.45) is 0 Å². The zero-order valence-corrected chi connectivity index (χ0v) is 31.0. The minimum atomic E-state index is -0.826. The number of fused-ring (bicyclic) bond motifs is 2. The second kappa shape index (κ2) is 16.6. The van der Waals surface area contributed by atoms with Gasteiger partial charge in [-0.1, -0.05) is 109 Å². The van der Waals surface area contributed by atoms with Crippen LogP contribution in [0.15, 0.2) is 97.1 Å². The van der Waals surface area contributed by atoms with Gasteiger partial charge in [0.15, 0.2) is 0 Å². The van der Waals surface area contributed by atoms with Gasteiger partial charge >= 0.3 is 37.9 Å². The molecule has 0 atom stereocenters. The Morgan fingerprint density at radius 3 is 1.14 bits per heavy atom. The molecule has 0 bridgehead atoms. The zero-order valence-electron chi connectivity index (χ0n) is 26.0. The normalized spacial score (nSPS) is 10.1. The van der Waals surface area contributed by atoms with Gasteiger partial charge in [0.1, 0.15) is 0 Å². The van der Waals surface area contributed by atoms with Crippen LogP contribution >= 0.6 is 17.0 Å². The van der Waals surface area contributed by atoms with Crippen molar-refractivity contribution in [3.8, 4) is 22.3 Å². The molecule has 0 spiro atoms. The molecule has 6 aromatic carbocycles.